The fourth-order valence-corrected chi connectivity index (χ4v) is 1.74. The zero-order valence-electron chi connectivity index (χ0n) is 10.3. The SMILES string of the molecule is CCC(C)(C)NCc1cc(Br)ccc1[N+](=O)[O-]. The van der Waals surface area contributed by atoms with E-state index in [9.17, 15) is 10.1 Å². The maximum atomic E-state index is 10.9. The third-order valence-corrected chi connectivity index (χ3v) is 3.37. The second kappa shape index (κ2) is 5.60. The molecule has 0 radical (unpaired) electrons. The summed E-state index contributed by atoms with van der Waals surface area (Å²) in [5, 5.41) is 14.2. The number of halogens is 1. The summed E-state index contributed by atoms with van der Waals surface area (Å²) < 4.78 is 0.856. The number of nitro groups is 1. The van der Waals surface area contributed by atoms with Crippen LogP contribution >= 0.6 is 15.9 Å². The summed E-state index contributed by atoms with van der Waals surface area (Å²) in [6.07, 6.45) is 0.967. The van der Waals surface area contributed by atoms with Gasteiger partial charge in [0, 0.05) is 28.2 Å². The van der Waals surface area contributed by atoms with Crippen LogP contribution in [0.25, 0.3) is 0 Å². The largest absolute Gasteiger partial charge is 0.307 e. The third kappa shape index (κ3) is 4.09. The van der Waals surface area contributed by atoms with Crippen LogP contribution in [0.2, 0.25) is 0 Å². The summed E-state index contributed by atoms with van der Waals surface area (Å²) >= 11 is 3.33. The minimum atomic E-state index is -0.345. The molecule has 0 aliphatic carbocycles. The van der Waals surface area contributed by atoms with E-state index < -0.39 is 0 Å². The first kappa shape index (κ1) is 14.1. The molecule has 0 saturated carbocycles. The first-order valence-corrected chi connectivity index (χ1v) is 6.33. The lowest BCUT2D eigenvalue weighted by Gasteiger charge is -2.24. The number of nitro benzene ring substituents is 1. The van der Waals surface area contributed by atoms with Crippen molar-refractivity contribution in [1.82, 2.24) is 5.32 Å². The van der Waals surface area contributed by atoms with Gasteiger partial charge < -0.3 is 5.32 Å². The van der Waals surface area contributed by atoms with Crippen molar-refractivity contribution in [1.29, 1.82) is 0 Å². The van der Waals surface area contributed by atoms with E-state index in [1.54, 1.807) is 12.1 Å². The molecule has 0 spiro atoms. The second-order valence-corrected chi connectivity index (χ2v) is 5.54. The van der Waals surface area contributed by atoms with Crippen molar-refractivity contribution in [3.8, 4) is 0 Å². The van der Waals surface area contributed by atoms with Crippen molar-refractivity contribution in [2.45, 2.75) is 39.3 Å². The predicted molar refractivity (Wildman–Crippen MR) is 72.0 cm³/mol. The van der Waals surface area contributed by atoms with Crippen LogP contribution in [-0.4, -0.2) is 10.5 Å². The Morgan fingerprint density at radius 1 is 1.47 bits per heavy atom. The van der Waals surface area contributed by atoms with Gasteiger partial charge in [0.15, 0.2) is 0 Å². The summed E-state index contributed by atoms with van der Waals surface area (Å²) in [6.45, 7) is 6.74. The molecule has 1 aromatic rings. The van der Waals surface area contributed by atoms with Gasteiger partial charge in [-0.05, 0) is 32.4 Å². The molecule has 0 aliphatic rings. The highest BCUT2D eigenvalue weighted by Crippen LogP contribution is 2.23. The minimum absolute atomic E-state index is 0.0177. The van der Waals surface area contributed by atoms with Gasteiger partial charge in [-0.1, -0.05) is 22.9 Å². The van der Waals surface area contributed by atoms with Crippen LogP contribution in [-0.2, 0) is 6.54 Å². The van der Waals surface area contributed by atoms with Gasteiger partial charge in [0.25, 0.3) is 5.69 Å². The standard InChI is InChI=1S/C12H17BrN2O2/c1-4-12(2,3)14-8-9-7-10(13)5-6-11(9)15(16)17/h5-7,14H,4,8H2,1-3H3. The van der Waals surface area contributed by atoms with Crippen LogP contribution in [0.15, 0.2) is 22.7 Å². The first-order valence-electron chi connectivity index (χ1n) is 5.53. The summed E-state index contributed by atoms with van der Waals surface area (Å²) in [4.78, 5) is 10.5. The van der Waals surface area contributed by atoms with Gasteiger partial charge in [0.1, 0.15) is 0 Å². The zero-order valence-corrected chi connectivity index (χ0v) is 11.9. The number of rotatable bonds is 5. The molecule has 0 aromatic heterocycles. The highest BCUT2D eigenvalue weighted by molar-refractivity contribution is 9.10. The van der Waals surface area contributed by atoms with Crippen LogP contribution in [0.4, 0.5) is 5.69 Å². The van der Waals surface area contributed by atoms with Crippen molar-refractivity contribution >= 4 is 21.6 Å². The van der Waals surface area contributed by atoms with Gasteiger partial charge >= 0.3 is 0 Å². The molecule has 1 aromatic carbocycles. The molecule has 1 rings (SSSR count). The summed E-state index contributed by atoms with van der Waals surface area (Å²) in [7, 11) is 0. The Kier molecular flexibility index (Phi) is 4.65. The Hall–Kier alpha value is -0.940. The summed E-state index contributed by atoms with van der Waals surface area (Å²) in [6, 6.07) is 5.00. The molecule has 5 heteroatoms. The van der Waals surface area contributed by atoms with E-state index in [0.717, 1.165) is 10.9 Å². The molecule has 17 heavy (non-hydrogen) atoms. The number of hydrogen-bond donors (Lipinski definition) is 1. The van der Waals surface area contributed by atoms with Crippen molar-refractivity contribution < 1.29 is 4.92 Å². The van der Waals surface area contributed by atoms with Gasteiger partial charge in [0.05, 0.1) is 4.92 Å². The van der Waals surface area contributed by atoms with E-state index in [1.165, 1.54) is 6.07 Å². The molecule has 0 aliphatic heterocycles. The van der Waals surface area contributed by atoms with Crippen molar-refractivity contribution in [2.75, 3.05) is 0 Å². The molecule has 0 fully saturated rings. The normalized spacial score (nSPS) is 11.5. The highest BCUT2D eigenvalue weighted by Gasteiger charge is 2.18. The molecule has 0 atom stereocenters. The Morgan fingerprint density at radius 3 is 2.65 bits per heavy atom. The van der Waals surface area contributed by atoms with E-state index >= 15 is 0 Å². The smallest absolute Gasteiger partial charge is 0.273 e. The lowest BCUT2D eigenvalue weighted by Crippen LogP contribution is -2.37. The number of benzene rings is 1. The van der Waals surface area contributed by atoms with Crippen LogP contribution in [0, 0.1) is 10.1 Å². The molecule has 4 nitrogen and oxygen atoms in total. The molecule has 0 bridgehead atoms. The van der Waals surface area contributed by atoms with Gasteiger partial charge in [-0.3, -0.25) is 10.1 Å². The number of nitrogens with one attached hydrogen (secondary N) is 1. The molecule has 1 N–H and O–H groups in total. The molecule has 0 saturated heterocycles. The fraction of sp³-hybridized carbons (Fsp3) is 0.500. The average Bonchev–Trinajstić information content (AvgIpc) is 2.26. The van der Waals surface area contributed by atoms with Gasteiger partial charge in [-0.25, -0.2) is 0 Å². The molecule has 94 valence electrons. The van der Waals surface area contributed by atoms with Gasteiger partial charge in [-0.15, -0.1) is 0 Å². The quantitative estimate of drug-likeness (QED) is 0.667. The lowest BCUT2D eigenvalue weighted by molar-refractivity contribution is -0.385. The Bertz CT molecular complexity index is 419. The molecule has 0 unspecified atom stereocenters. The Balaban J connectivity index is 2.89. The molecular formula is C12H17BrN2O2. The van der Waals surface area contributed by atoms with Crippen molar-refractivity contribution in [3.63, 3.8) is 0 Å². The third-order valence-electron chi connectivity index (χ3n) is 2.88. The van der Waals surface area contributed by atoms with E-state index in [2.05, 4.69) is 42.0 Å². The maximum absolute atomic E-state index is 10.9. The minimum Gasteiger partial charge on any atom is -0.307 e. The summed E-state index contributed by atoms with van der Waals surface area (Å²) in [5.74, 6) is 0. The Labute approximate surface area is 110 Å². The Morgan fingerprint density at radius 2 is 2.12 bits per heavy atom. The molecular weight excluding hydrogens is 284 g/mol. The van der Waals surface area contributed by atoms with Gasteiger partial charge in [-0.2, -0.15) is 0 Å². The lowest BCUT2D eigenvalue weighted by atomic mass is 10.0. The summed E-state index contributed by atoms with van der Waals surface area (Å²) in [5.41, 5.74) is 0.842. The predicted octanol–water partition coefficient (Wildman–Crippen LogP) is 3.64. The fourth-order valence-electron chi connectivity index (χ4n) is 1.33. The van der Waals surface area contributed by atoms with Crippen LogP contribution in [0.5, 0.6) is 0 Å². The highest BCUT2D eigenvalue weighted by atomic mass is 79.9. The van der Waals surface area contributed by atoms with E-state index in [0.29, 0.717) is 12.1 Å². The van der Waals surface area contributed by atoms with Crippen LogP contribution in [0.1, 0.15) is 32.8 Å². The van der Waals surface area contributed by atoms with E-state index in [-0.39, 0.29) is 16.1 Å². The average molecular weight is 301 g/mol. The van der Waals surface area contributed by atoms with Gasteiger partial charge in [0.2, 0.25) is 0 Å². The molecule has 0 heterocycles. The maximum Gasteiger partial charge on any atom is 0.273 e. The molecule has 0 amide bonds. The number of nitrogens with zero attached hydrogens (tertiary/aromatic N) is 1. The van der Waals surface area contributed by atoms with Crippen molar-refractivity contribution in [3.05, 3.63) is 38.3 Å². The van der Waals surface area contributed by atoms with E-state index in [4.69, 9.17) is 0 Å². The van der Waals surface area contributed by atoms with Crippen molar-refractivity contribution in [2.24, 2.45) is 0 Å². The van der Waals surface area contributed by atoms with Crippen LogP contribution in [0.3, 0.4) is 0 Å². The van der Waals surface area contributed by atoms with E-state index in [1.807, 2.05) is 0 Å². The number of hydrogen-bond acceptors (Lipinski definition) is 3. The monoisotopic (exact) mass is 300 g/mol. The zero-order chi connectivity index (χ0) is 13.1. The van der Waals surface area contributed by atoms with Crippen LogP contribution < -0.4 is 5.32 Å². The second-order valence-electron chi connectivity index (χ2n) is 4.62. The first-order chi connectivity index (χ1) is 7.85. The topological polar surface area (TPSA) is 55.2 Å².